The van der Waals surface area contributed by atoms with Crippen molar-refractivity contribution in [2.24, 2.45) is 0 Å². The number of rotatable bonds is 5. The number of carbonyl (C=O) groups excluding carboxylic acids is 2. The number of amides is 1. The van der Waals surface area contributed by atoms with Gasteiger partial charge in [-0.3, -0.25) is 9.59 Å². The molecule has 3 aromatic rings. The fourth-order valence-corrected chi connectivity index (χ4v) is 2.45. The van der Waals surface area contributed by atoms with Gasteiger partial charge in [0.2, 0.25) is 5.95 Å². The Bertz CT molecular complexity index is 1030. The monoisotopic (exact) mass is 382 g/mol. The van der Waals surface area contributed by atoms with Crippen LogP contribution in [0.5, 0.6) is 0 Å². The zero-order valence-corrected chi connectivity index (χ0v) is 15.1. The summed E-state index contributed by atoms with van der Waals surface area (Å²) in [4.78, 5) is 31.9. The molecule has 28 heavy (non-hydrogen) atoms. The van der Waals surface area contributed by atoms with E-state index in [0.29, 0.717) is 16.9 Å². The Hall–Kier alpha value is -3.68. The summed E-state index contributed by atoms with van der Waals surface area (Å²) in [6, 6.07) is 11.3. The zero-order chi connectivity index (χ0) is 20.3. The number of benzene rings is 2. The summed E-state index contributed by atoms with van der Waals surface area (Å²) in [5.74, 6) is -2.33. The average Bonchev–Trinajstić information content (AvgIpc) is 2.65. The summed E-state index contributed by atoms with van der Waals surface area (Å²) in [5.41, 5.74) is 1.04. The molecule has 2 aromatic carbocycles. The van der Waals surface area contributed by atoms with Crippen LogP contribution in [0.2, 0.25) is 0 Å². The van der Waals surface area contributed by atoms with E-state index in [-0.39, 0.29) is 17.4 Å². The highest BCUT2D eigenvalue weighted by molar-refractivity contribution is 6.03. The molecule has 0 fully saturated rings. The lowest BCUT2D eigenvalue weighted by Gasteiger charge is -2.10. The Morgan fingerprint density at radius 3 is 2.21 bits per heavy atom. The van der Waals surface area contributed by atoms with Gasteiger partial charge in [0.25, 0.3) is 5.91 Å². The van der Waals surface area contributed by atoms with Crippen LogP contribution >= 0.6 is 0 Å². The van der Waals surface area contributed by atoms with Crippen LogP contribution in [-0.2, 0) is 0 Å². The fraction of sp³-hybridized carbons (Fsp3) is 0.100. The fourth-order valence-electron chi connectivity index (χ4n) is 2.45. The predicted octanol–water partition coefficient (Wildman–Crippen LogP) is 4.26. The number of aryl methyl sites for hydroxylation is 1. The van der Waals surface area contributed by atoms with Crippen molar-refractivity contribution in [3.05, 3.63) is 77.1 Å². The van der Waals surface area contributed by atoms with Crippen LogP contribution in [0.1, 0.15) is 33.5 Å². The second-order valence-electron chi connectivity index (χ2n) is 6.03. The number of Topliss-reactive ketones (excluding diaryl/α,β-unsaturated/α-hetero) is 1. The summed E-state index contributed by atoms with van der Waals surface area (Å²) < 4.78 is 27.6. The summed E-state index contributed by atoms with van der Waals surface area (Å²) in [5, 5.41) is 5.12. The number of carbonyl (C=O) groups is 2. The van der Waals surface area contributed by atoms with Crippen LogP contribution in [-0.4, -0.2) is 21.7 Å². The molecule has 1 heterocycles. The van der Waals surface area contributed by atoms with E-state index in [0.717, 1.165) is 12.1 Å². The summed E-state index contributed by atoms with van der Waals surface area (Å²) >= 11 is 0. The van der Waals surface area contributed by atoms with E-state index in [2.05, 4.69) is 20.6 Å². The summed E-state index contributed by atoms with van der Waals surface area (Å²) in [6.07, 6.45) is 0. The zero-order valence-electron chi connectivity index (χ0n) is 15.1. The SMILES string of the molecule is CC(=O)c1ccc(NC(=O)c2cc(C)nc(Nc3c(F)cccc3F)n2)cc1. The molecule has 0 saturated heterocycles. The lowest BCUT2D eigenvalue weighted by molar-refractivity contribution is 0.101. The largest absolute Gasteiger partial charge is 0.321 e. The van der Waals surface area contributed by atoms with Crippen molar-refractivity contribution in [2.45, 2.75) is 13.8 Å². The highest BCUT2D eigenvalue weighted by Gasteiger charge is 2.14. The maximum Gasteiger partial charge on any atom is 0.274 e. The number of aromatic nitrogens is 2. The quantitative estimate of drug-likeness (QED) is 0.644. The van der Waals surface area contributed by atoms with Crippen molar-refractivity contribution in [1.29, 1.82) is 0 Å². The maximum atomic E-state index is 13.8. The molecule has 6 nitrogen and oxygen atoms in total. The highest BCUT2D eigenvalue weighted by Crippen LogP contribution is 2.21. The number of nitrogens with one attached hydrogen (secondary N) is 2. The van der Waals surface area contributed by atoms with Gasteiger partial charge in [-0.05, 0) is 56.3 Å². The predicted molar refractivity (Wildman–Crippen MR) is 101 cm³/mol. The van der Waals surface area contributed by atoms with Crippen molar-refractivity contribution >= 4 is 29.0 Å². The Morgan fingerprint density at radius 1 is 0.964 bits per heavy atom. The lowest BCUT2D eigenvalue weighted by atomic mass is 10.1. The minimum absolute atomic E-state index is 0.0161. The lowest BCUT2D eigenvalue weighted by Crippen LogP contribution is -2.16. The number of hydrogen-bond acceptors (Lipinski definition) is 5. The van der Waals surface area contributed by atoms with Gasteiger partial charge >= 0.3 is 0 Å². The first-order chi connectivity index (χ1) is 13.3. The molecule has 0 bridgehead atoms. The first-order valence-electron chi connectivity index (χ1n) is 8.32. The second kappa shape index (κ2) is 7.91. The standard InChI is InChI=1S/C20H16F2N4O2/c1-11-10-17(19(28)24-14-8-6-13(7-9-14)12(2)27)25-20(23-11)26-18-15(21)4-3-5-16(18)22/h3-10H,1-2H3,(H,24,28)(H,23,25,26). The number of hydrogen-bond donors (Lipinski definition) is 2. The van der Waals surface area contributed by atoms with Crippen LogP contribution in [0.3, 0.4) is 0 Å². The molecule has 0 atom stereocenters. The average molecular weight is 382 g/mol. The molecule has 0 radical (unpaired) electrons. The van der Waals surface area contributed by atoms with E-state index in [9.17, 15) is 18.4 Å². The molecule has 0 saturated carbocycles. The summed E-state index contributed by atoms with van der Waals surface area (Å²) in [6.45, 7) is 3.08. The van der Waals surface area contributed by atoms with Crippen LogP contribution in [0.4, 0.5) is 26.1 Å². The van der Waals surface area contributed by atoms with Crippen molar-refractivity contribution in [2.75, 3.05) is 10.6 Å². The molecule has 1 aromatic heterocycles. The number of para-hydroxylation sites is 1. The second-order valence-corrected chi connectivity index (χ2v) is 6.03. The molecule has 142 valence electrons. The van der Waals surface area contributed by atoms with Gasteiger partial charge in [0.05, 0.1) is 0 Å². The van der Waals surface area contributed by atoms with Crippen LogP contribution in [0.15, 0.2) is 48.5 Å². The van der Waals surface area contributed by atoms with Gasteiger partial charge in [0.15, 0.2) is 5.78 Å². The van der Waals surface area contributed by atoms with Gasteiger partial charge in [-0.1, -0.05) is 6.07 Å². The van der Waals surface area contributed by atoms with Crippen molar-refractivity contribution in [3.8, 4) is 0 Å². The van der Waals surface area contributed by atoms with E-state index < -0.39 is 23.2 Å². The minimum Gasteiger partial charge on any atom is -0.321 e. The third kappa shape index (κ3) is 4.35. The molecular formula is C20H16F2N4O2. The topological polar surface area (TPSA) is 84.0 Å². The Morgan fingerprint density at radius 2 is 1.61 bits per heavy atom. The first-order valence-corrected chi connectivity index (χ1v) is 8.32. The number of halogens is 2. The van der Waals surface area contributed by atoms with Gasteiger partial charge in [-0.25, -0.2) is 18.7 Å². The minimum atomic E-state index is -0.804. The van der Waals surface area contributed by atoms with Gasteiger partial charge in [-0.2, -0.15) is 0 Å². The van der Waals surface area contributed by atoms with Crippen molar-refractivity contribution < 1.29 is 18.4 Å². The molecule has 0 aliphatic carbocycles. The van der Waals surface area contributed by atoms with Gasteiger partial charge in [0, 0.05) is 16.9 Å². The number of nitrogens with zero attached hydrogens (tertiary/aromatic N) is 2. The van der Waals surface area contributed by atoms with Crippen molar-refractivity contribution in [1.82, 2.24) is 9.97 Å². The van der Waals surface area contributed by atoms with Crippen LogP contribution in [0, 0.1) is 18.6 Å². The molecule has 0 unspecified atom stereocenters. The van der Waals surface area contributed by atoms with Crippen LogP contribution < -0.4 is 10.6 Å². The molecule has 8 heteroatoms. The molecule has 0 aliphatic heterocycles. The third-order valence-electron chi connectivity index (χ3n) is 3.84. The molecule has 0 spiro atoms. The van der Waals surface area contributed by atoms with E-state index in [1.807, 2.05) is 0 Å². The molecule has 0 aliphatic rings. The van der Waals surface area contributed by atoms with Crippen molar-refractivity contribution in [3.63, 3.8) is 0 Å². The van der Waals surface area contributed by atoms with E-state index in [1.54, 1.807) is 31.2 Å². The Kier molecular flexibility index (Phi) is 5.39. The third-order valence-corrected chi connectivity index (χ3v) is 3.84. The maximum absolute atomic E-state index is 13.8. The Balaban J connectivity index is 1.82. The molecular weight excluding hydrogens is 366 g/mol. The van der Waals surface area contributed by atoms with Gasteiger partial charge in [-0.15, -0.1) is 0 Å². The smallest absolute Gasteiger partial charge is 0.274 e. The van der Waals surface area contributed by atoms with E-state index >= 15 is 0 Å². The molecule has 1 amide bonds. The van der Waals surface area contributed by atoms with E-state index in [4.69, 9.17) is 0 Å². The number of anilines is 3. The summed E-state index contributed by atoms with van der Waals surface area (Å²) in [7, 11) is 0. The highest BCUT2D eigenvalue weighted by atomic mass is 19.1. The Labute approximate surface area is 159 Å². The normalized spacial score (nSPS) is 10.4. The van der Waals surface area contributed by atoms with Gasteiger partial charge in [0.1, 0.15) is 23.0 Å². The van der Waals surface area contributed by atoms with Gasteiger partial charge < -0.3 is 10.6 Å². The van der Waals surface area contributed by atoms with Crippen LogP contribution in [0.25, 0.3) is 0 Å². The molecule has 3 rings (SSSR count). The van der Waals surface area contributed by atoms with E-state index in [1.165, 1.54) is 19.1 Å². The number of ketones is 1. The first kappa shape index (κ1) is 19.1. The molecule has 2 N–H and O–H groups in total.